The Kier molecular flexibility index (Phi) is 3.57. The van der Waals surface area contributed by atoms with Crippen molar-refractivity contribution in [2.75, 3.05) is 5.32 Å². The molecule has 1 heterocycles. The van der Waals surface area contributed by atoms with E-state index in [4.69, 9.17) is 5.73 Å². The van der Waals surface area contributed by atoms with Crippen molar-refractivity contribution < 1.29 is 0 Å². The molecule has 0 saturated heterocycles. The van der Waals surface area contributed by atoms with Crippen molar-refractivity contribution in [1.82, 2.24) is 14.8 Å². The number of guanidine groups is 1. The summed E-state index contributed by atoms with van der Waals surface area (Å²) >= 11 is 0. The van der Waals surface area contributed by atoms with Gasteiger partial charge in [0.05, 0.1) is 0 Å². The van der Waals surface area contributed by atoms with Crippen molar-refractivity contribution in [3.63, 3.8) is 0 Å². The van der Waals surface area contributed by atoms with E-state index in [0.29, 0.717) is 18.3 Å². The lowest BCUT2D eigenvalue weighted by Crippen LogP contribution is -2.22. The number of benzene rings is 1. The van der Waals surface area contributed by atoms with E-state index in [1.165, 1.54) is 5.56 Å². The summed E-state index contributed by atoms with van der Waals surface area (Å²) in [6, 6.07) is 7.93. The Morgan fingerprint density at radius 3 is 3.00 bits per heavy atom. The first-order valence-corrected chi connectivity index (χ1v) is 5.61. The normalized spacial score (nSPS) is 11.6. The second-order valence-electron chi connectivity index (χ2n) is 4.03. The minimum atomic E-state index is 0.355. The first-order valence-electron chi connectivity index (χ1n) is 5.61. The smallest absolute Gasteiger partial charge is 0.193 e. The van der Waals surface area contributed by atoms with E-state index in [2.05, 4.69) is 20.4 Å². The maximum atomic E-state index is 5.79. The molecule has 0 saturated carbocycles. The molecule has 94 valence electrons. The third kappa shape index (κ3) is 3.31. The van der Waals surface area contributed by atoms with E-state index >= 15 is 0 Å². The summed E-state index contributed by atoms with van der Waals surface area (Å²) in [7, 11) is 1.81. The first kappa shape index (κ1) is 12.1. The van der Waals surface area contributed by atoms with Gasteiger partial charge in [0, 0.05) is 12.7 Å². The van der Waals surface area contributed by atoms with Gasteiger partial charge in [-0.2, -0.15) is 5.10 Å². The summed E-state index contributed by atoms with van der Waals surface area (Å²) in [6.45, 7) is 2.39. The molecule has 2 aromatic rings. The summed E-state index contributed by atoms with van der Waals surface area (Å²) in [4.78, 5) is 8.25. The van der Waals surface area contributed by atoms with Gasteiger partial charge in [0.2, 0.25) is 0 Å². The quantitative estimate of drug-likeness (QED) is 0.624. The summed E-state index contributed by atoms with van der Waals surface area (Å²) in [5.41, 5.74) is 7.87. The van der Waals surface area contributed by atoms with Gasteiger partial charge in [0.25, 0.3) is 0 Å². The molecule has 2 rings (SSSR count). The Balaban J connectivity index is 1.97. The molecule has 3 N–H and O–H groups in total. The van der Waals surface area contributed by atoms with Crippen LogP contribution >= 0.6 is 0 Å². The van der Waals surface area contributed by atoms with Gasteiger partial charge >= 0.3 is 0 Å². The van der Waals surface area contributed by atoms with Crippen LogP contribution in [-0.2, 0) is 13.6 Å². The monoisotopic (exact) mass is 244 g/mol. The molecule has 0 unspecified atom stereocenters. The fourth-order valence-corrected chi connectivity index (χ4v) is 1.52. The van der Waals surface area contributed by atoms with E-state index < -0.39 is 0 Å². The second-order valence-corrected chi connectivity index (χ2v) is 4.03. The SMILES string of the molecule is Cc1cccc(NC(N)=NCc2ncn(C)n2)c1. The molecule has 6 nitrogen and oxygen atoms in total. The maximum Gasteiger partial charge on any atom is 0.193 e. The van der Waals surface area contributed by atoms with Gasteiger partial charge in [-0.1, -0.05) is 12.1 Å². The molecule has 0 bridgehead atoms. The van der Waals surface area contributed by atoms with Crippen molar-refractivity contribution in [2.45, 2.75) is 13.5 Å². The van der Waals surface area contributed by atoms with Gasteiger partial charge in [-0.25, -0.2) is 9.98 Å². The van der Waals surface area contributed by atoms with E-state index in [-0.39, 0.29) is 0 Å². The van der Waals surface area contributed by atoms with Gasteiger partial charge in [-0.05, 0) is 24.6 Å². The molecule has 6 heteroatoms. The van der Waals surface area contributed by atoms with Crippen LogP contribution in [0.15, 0.2) is 35.6 Å². The Bertz CT molecular complexity index is 557. The number of hydrogen-bond acceptors (Lipinski definition) is 3. The molecule has 0 aliphatic rings. The molecule has 1 aromatic heterocycles. The lowest BCUT2D eigenvalue weighted by molar-refractivity contribution is 0.742. The van der Waals surface area contributed by atoms with E-state index in [1.54, 1.807) is 11.0 Å². The number of hydrogen-bond donors (Lipinski definition) is 2. The highest BCUT2D eigenvalue weighted by Gasteiger charge is 1.98. The first-order chi connectivity index (χ1) is 8.63. The second kappa shape index (κ2) is 5.31. The lowest BCUT2D eigenvalue weighted by Gasteiger charge is -2.05. The van der Waals surface area contributed by atoms with Gasteiger partial charge in [0.15, 0.2) is 11.8 Å². The van der Waals surface area contributed by atoms with Crippen LogP contribution < -0.4 is 11.1 Å². The molecule has 18 heavy (non-hydrogen) atoms. The number of nitrogens with one attached hydrogen (secondary N) is 1. The molecular weight excluding hydrogens is 228 g/mol. The van der Waals surface area contributed by atoms with Crippen molar-refractivity contribution in [1.29, 1.82) is 0 Å². The number of rotatable bonds is 3. The molecule has 0 spiro atoms. The number of aliphatic imine (C=N–C) groups is 1. The van der Waals surface area contributed by atoms with E-state index in [0.717, 1.165) is 5.69 Å². The molecular formula is C12H16N6. The van der Waals surface area contributed by atoms with Crippen LogP contribution in [0.5, 0.6) is 0 Å². The average molecular weight is 244 g/mol. The number of aryl methyl sites for hydroxylation is 2. The van der Waals surface area contributed by atoms with Gasteiger partial charge in [-0.3, -0.25) is 4.68 Å². The zero-order valence-electron chi connectivity index (χ0n) is 10.5. The predicted octanol–water partition coefficient (Wildman–Crippen LogP) is 1.05. The third-order valence-electron chi connectivity index (χ3n) is 2.33. The highest BCUT2D eigenvalue weighted by Crippen LogP contribution is 2.08. The van der Waals surface area contributed by atoms with Crippen molar-refractivity contribution in [3.05, 3.63) is 42.0 Å². The topological polar surface area (TPSA) is 81.1 Å². The number of anilines is 1. The number of nitrogens with zero attached hydrogens (tertiary/aromatic N) is 4. The third-order valence-corrected chi connectivity index (χ3v) is 2.33. The highest BCUT2D eigenvalue weighted by molar-refractivity contribution is 5.92. The van der Waals surface area contributed by atoms with Crippen LogP contribution in [0.1, 0.15) is 11.4 Å². The van der Waals surface area contributed by atoms with Crippen molar-refractivity contribution in [3.8, 4) is 0 Å². The fourth-order valence-electron chi connectivity index (χ4n) is 1.52. The molecule has 0 aliphatic heterocycles. The predicted molar refractivity (Wildman–Crippen MR) is 71.1 cm³/mol. The molecule has 0 fully saturated rings. The Morgan fingerprint density at radius 1 is 1.50 bits per heavy atom. The van der Waals surface area contributed by atoms with E-state index in [1.807, 2.05) is 38.2 Å². The van der Waals surface area contributed by atoms with Gasteiger partial charge < -0.3 is 11.1 Å². The summed E-state index contributed by atoms with van der Waals surface area (Å²) in [5, 5.41) is 7.14. The van der Waals surface area contributed by atoms with Crippen molar-refractivity contribution in [2.24, 2.45) is 17.8 Å². The molecule has 0 atom stereocenters. The Morgan fingerprint density at radius 2 is 2.33 bits per heavy atom. The Hall–Kier alpha value is -2.37. The molecule has 0 amide bonds. The minimum absolute atomic E-state index is 0.355. The standard InChI is InChI=1S/C12H16N6/c1-9-4-3-5-10(6-9)16-12(13)14-7-11-15-8-18(2)17-11/h3-6,8H,7H2,1-2H3,(H3,13,14,16). The number of nitrogens with two attached hydrogens (primary N) is 1. The van der Waals surface area contributed by atoms with Gasteiger partial charge in [-0.15, -0.1) is 0 Å². The zero-order valence-corrected chi connectivity index (χ0v) is 10.5. The molecule has 1 aromatic carbocycles. The summed E-state index contributed by atoms with van der Waals surface area (Å²) < 4.78 is 1.63. The minimum Gasteiger partial charge on any atom is -0.370 e. The maximum absolute atomic E-state index is 5.79. The van der Waals surface area contributed by atoms with Crippen LogP contribution in [0.4, 0.5) is 5.69 Å². The summed E-state index contributed by atoms with van der Waals surface area (Å²) in [6.07, 6.45) is 1.63. The largest absolute Gasteiger partial charge is 0.370 e. The number of aromatic nitrogens is 3. The van der Waals surface area contributed by atoms with Crippen LogP contribution in [-0.4, -0.2) is 20.7 Å². The zero-order chi connectivity index (χ0) is 13.0. The summed E-state index contributed by atoms with van der Waals surface area (Å²) in [5.74, 6) is 1.000. The Labute approximate surface area is 106 Å². The van der Waals surface area contributed by atoms with Crippen LogP contribution in [0, 0.1) is 6.92 Å². The lowest BCUT2D eigenvalue weighted by atomic mass is 10.2. The average Bonchev–Trinajstić information content (AvgIpc) is 2.73. The van der Waals surface area contributed by atoms with Gasteiger partial charge in [0.1, 0.15) is 12.9 Å². The molecule has 0 radical (unpaired) electrons. The molecule has 0 aliphatic carbocycles. The fraction of sp³-hybridized carbons (Fsp3) is 0.250. The van der Waals surface area contributed by atoms with Crippen molar-refractivity contribution >= 4 is 11.6 Å². The van der Waals surface area contributed by atoms with Crippen LogP contribution in [0.2, 0.25) is 0 Å². The van der Waals surface area contributed by atoms with Crippen LogP contribution in [0.25, 0.3) is 0 Å². The highest BCUT2D eigenvalue weighted by atomic mass is 15.3. The van der Waals surface area contributed by atoms with Crippen LogP contribution in [0.3, 0.4) is 0 Å². The van der Waals surface area contributed by atoms with E-state index in [9.17, 15) is 0 Å².